The van der Waals surface area contributed by atoms with E-state index in [1.807, 2.05) is 6.07 Å². The van der Waals surface area contributed by atoms with Gasteiger partial charge in [-0.25, -0.2) is 4.98 Å². The fourth-order valence-corrected chi connectivity index (χ4v) is 1.16. The lowest BCUT2D eigenvalue weighted by Gasteiger charge is -2.03. The summed E-state index contributed by atoms with van der Waals surface area (Å²) in [6, 6.07) is 7.01. The minimum Gasteiger partial charge on any atom is -0.456 e. The Morgan fingerprint density at radius 1 is 1.14 bits per heavy atom. The molecule has 0 bridgehead atoms. The van der Waals surface area contributed by atoms with Crippen molar-refractivity contribution in [3.05, 3.63) is 48.0 Å². The molecule has 3 nitrogen and oxygen atoms in total. The van der Waals surface area contributed by atoms with E-state index in [1.54, 1.807) is 36.8 Å². The van der Waals surface area contributed by atoms with Crippen molar-refractivity contribution >= 4 is 11.6 Å². The highest BCUT2D eigenvalue weighted by molar-refractivity contribution is 6.29. The van der Waals surface area contributed by atoms with Gasteiger partial charge >= 0.3 is 0 Å². The first-order chi connectivity index (χ1) is 6.84. The number of rotatable bonds is 2. The van der Waals surface area contributed by atoms with Crippen molar-refractivity contribution in [2.45, 2.75) is 0 Å². The zero-order valence-corrected chi connectivity index (χ0v) is 7.98. The molecule has 0 aliphatic rings. The van der Waals surface area contributed by atoms with Crippen LogP contribution in [0.5, 0.6) is 11.5 Å². The minimum absolute atomic E-state index is 0.409. The van der Waals surface area contributed by atoms with Crippen LogP contribution in [0.2, 0.25) is 5.15 Å². The van der Waals surface area contributed by atoms with Crippen LogP contribution in [-0.4, -0.2) is 9.97 Å². The van der Waals surface area contributed by atoms with Crippen molar-refractivity contribution in [1.29, 1.82) is 0 Å². The minimum atomic E-state index is 0.409. The molecule has 2 aromatic rings. The highest BCUT2D eigenvalue weighted by Gasteiger charge is 1.97. The van der Waals surface area contributed by atoms with E-state index in [9.17, 15) is 0 Å². The third kappa shape index (κ3) is 2.20. The number of nitrogens with zero attached hydrogens (tertiary/aromatic N) is 2. The summed E-state index contributed by atoms with van der Waals surface area (Å²) in [4.78, 5) is 7.78. The van der Waals surface area contributed by atoms with Crippen LogP contribution in [0.25, 0.3) is 0 Å². The molecule has 0 N–H and O–H groups in total. The summed E-state index contributed by atoms with van der Waals surface area (Å²) in [6.07, 6.45) is 4.91. The van der Waals surface area contributed by atoms with Crippen LogP contribution in [0.1, 0.15) is 0 Å². The summed E-state index contributed by atoms with van der Waals surface area (Å²) in [5.41, 5.74) is 0. The van der Waals surface area contributed by atoms with Crippen LogP contribution < -0.4 is 4.74 Å². The number of ether oxygens (including phenoxy) is 1. The van der Waals surface area contributed by atoms with Crippen molar-refractivity contribution in [3.8, 4) is 11.5 Å². The van der Waals surface area contributed by atoms with Crippen LogP contribution in [-0.2, 0) is 0 Å². The topological polar surface area (TPSA) is 35.0 Å². The molecule has 0 amide bonds. The molecule has 2 rings (SSSR count). The Bertz CT molecular complexity index is 419. The van der Waals surface area contributed by atoms with Gasteiger partial charge in [0.05, 0.1) is 6.20 Å². The second kappa shape index (κ2) is 4.07. The number of pyridine rings is 2. The van der Waals surface area contributed by atoms with Gasteiger partial charge in [-0.05, 0) is 18.2 Å². The molecule has 0 atom stereocenters. The van der Waals surface area contributed by atoms with E-state index >= 15 is 0 Å². The Labute approximate surface area is 86.3 Å². The number of hydrogen-bond donors (Lipinski definition) is 0. The van der Waals surface area contributed by atoms with Crippen LogP contribution in [0.4, 0.5) is 0 Å². The van der Waals surface area contributed by atoms with Crippen molar-refractivity contribution in [1.82, 2.24) is 9.97 Å². The van der Waals surface area contributed by atoms with Gasteiger partial charge in [0.1, 0.15) is 16.7 Å². The molecule has 0 saturated carbocycles. The second-order valence-electron chi connectivity index (χ2n) is 2.61. The summed E-state index contributed by atoms with van der Waals surface area (Å²) in [5, 5.41) is 0.409. The van der Waals surface area contributed by atoms with E-state index in [0.717, 1.165) is 0 Å². The summed E-state index contributed by atoms with van der Waals surface area (Å²) in [5.74, 6) is 1.33. The third-order valence-corrected chi connectivity index (χ3v) is 1.77. The summed E-state index contributed by atoms with van der Waals surface area (Å²) >= 11 is 5.70. The average molecular weight is 207 g/mol. The molecule has 0 radical (unpaired) electrons. The van der Waals surface area contributed by atoms with Crippen LogP contribution in [0.3, 0.4) is 0 Å². The Hall–Kier alpha value is -1.61. The van der Waals surface area contributed by atoms with Crippen LogP contribution >= 0.6 is 11.6 Å². The van der Waals surface area contributed by atoms with Crippen molar-refractivity contribution in [2.75, 3.05) is 0 Å². The van der Waals surface area contributed by atoms with Gasteiger partial charge in [0.15, 0.2) is 0 Å². The number of aromatic nitrogens is 2. The SMILES string of the molecule is Clc1cc(Oc2cccnc2)ccn1. The van der Waals surface area contributed by atoms with Crippen molar-refractivity contribution < 1.29 is 4.74 Å². The summed E-state index contributed by atoms with van der Waals surface area (Å²) in [6.45, 7) is 0. The quantitative estimate of drug-likeness (QED) is 0.709. The molecule has 0 aromatic carbocycles. The predicted molar refractivity (Wildman–Crippen MR) is 53.6 cm³/mol. The van der Waals surface area contributed by atoms with Gasteiger partial charge in [0.25, 0.3) is 0 Å². The second-order valence-corrected chi connectivity index (χ2v) is 2.99. The van der Waals surface area contributed by atoms with Gasteiger partial charge in [-0.3, -0.25) is 4.98 Å². The smallest absolute Gasteiger partial charge is 0.145 e. The standard InChI is InChI=1S/C10H7ClN2O/c11-10-6-8(3-5-13-10)14-9-2-1-4-12-7-9/h1-7H. The number of hydrogen-bond acceptors (Lipinski definition) is 3. The first kappa shape index (κ1) is 8.97. The van der Waals surface area contributed by atoms with Gasteiger partial charge in [-0.1, -0.05) is 11.6 Å². The Morgan fingerprint density at radius 2 is 2.07 bits per heavy atom. The molecule has 0 aliphatic heterocycles. The first-order valence-electron chi connectivity index (χ1n) is 4.04. The molecule has 0 saturated heterocycles. The van der Waals surface area contributed by atoms with E-state index in [1.165, 1.54) is 0 Å². The Balaban J connectivity index is 2.19. The van der Waals surface area contributed by atoms with Crippen molar-refractivity contribution in [2.24, 2.45) is 0 Å². The molecule has 4 heteroatoms. The van der Waals surface area contributed by atoms with Crippen LogP contribution in [0, 0.1) is 0 Å². The van der Waals surface area contributed by atoms with Gasteiger partial charge in [-0.2, -0.15) is 0 Å². The summed E-state index contributed by atoms with van der Waals surface area (Å²) < 4.78 is 5.47. The van der Waals surface area contributed by atoms with Crippen molar-refractivity contribution in [3.63, 3.8) is 0 Å². The normalized spacial score (nSPS) is 9.79. The molecule has 0 aliphatic carbocycles. The van der Waals surface area contributed by atoms with Gasteiger partial charge in [0.2, 0.25) is 0 Å². The largest absolute Gasteiger partial charge is 0.456 e. The Kier molecular flexibility index (Phi) is 2.60. The van der Waals surface area contributed by atoms with E-state index < -0.39 is 0 Å². The zero-order chi connectivity index (χ0) is 9.80. The highest BCUT2D eigenvalue weighted by atomic mass is 35.5. The molecule has 70 valence electrons. The fourth-order valence-electron chi connectivity index (χ4n) is 0.992. The monoisotopic (exact) mass is 206 g/mol. The highest BCUT2D eigenvalue weighted by Crippen LogP contribution is 2.21. The maximum absolute atomic E-state index is 5.70. The molecular formula is C10H7ClN2O. The molecular weight excluding hydrogens is 200 g/mol. The van der Waals surface area contributed by atoms with E-state index in [0.29, 0.717) is 16.7 Å². The van der Waals surface area contributed by atoms with Gasteiger partial charge < -0.3 is 4.74 Å². The predicted octanol–water partition coefficient (Wildman–Crippen LogP) is 2.92. The lowest BCUT2D eigenvalue weighted by molar-refractivity contribution is 0.479. The fraction of sp³-hybridized carbons (Fsp3) is 0. The van der Waals surface area contributed by atoms with Gasteiger partial charge in [-0.15, -0.1) is 0 Å². The molecule has 2 heterocycles. The lowest BCUT2D eigenvalue weighted by Crippen LogP contribution is -1.85. The molecule has 0 unspecified atom stereocenters. The molecule has 0 spiro atoms. The van der Waals surface area contributed by atoms with E-state index in [-0.39, 0.29) is 0 Å². The molecule has 14 heavy (non-hydrogen) atoms. The average Bonchev–Trinajstić information content (AvgIpc) is 2.19. The zero-order valence-electron chi connectivity index (χ0n) is 7.22. The molecule has 2 aromatic heterocycles. The maximum atomic E-state index is 5.70. The van der Waals surface area contributed by atoms with E-state index in [2.05, 4.69) is 9.97 Å². The Morgan fingerprint density at radius 3 is 2.79 bits per heavy atom. The summed E-state index contributed by atoms with van der Waals surface area (Å²) in [7, 11) is 0. The first-order valence-corrected chi connectivity index (χ1v) is 4.42. The third-order valence-electron chi connectivity index (χ3n) is 1.57. The lowest BCUT2D eigenvalue weighted by atomic mass is 10.4. The van der Waals surface area contributed by atoms with Crippen LogP contribution in [0.15, 0.2) is 42.9 Å². The maximum Gasteiger partial charge on any atom is 0.145 e. The van der Waals surface area contributed by atoms with E-state index in [4.69, 9.17) is 16.3 Å². The van der Waals surface area contributed by atoms with Gasteiger partial charge in [0, 0.05) is 18.5 Å². The number of halogens is 1. The molecule has 0 fully saturated rings.